The molecule has 0 bridgehead atoms. The Bertz CT molecular complexity index is 767. The first-order valence-electron chi connectivity index (χ1n) is 12.2. The topological polar surface area (TPSA) is 160 Å². The molecule has 2 aliphatic carbocycles. The van der Waals surface area contributed by atoms with Gasteiger partial charge in [0.1, 0.15) is 18.3 Å². The van der Waals surface area contributed by atoms with Crippen molar-refractivity contribution in [1.29, 1.82) is 0 Å². The molecule has 9 heteroatoms. The van der Waals surface area contributed by atoms with E-state index in [9.17, 15) is 35.7 Å². The number of rotatable bonds is 8. The predicted octanol–water partition coefficient (Wildman–Crippen LogP) is -0.00220. The van der Waals surface area contributed by atoms with Crippen molar-refractivity contribution in [3.05, 3.63) is 22.8 Å². The Kier molecular flexibility index (Phi) is 8.98. The Morgan fingerprint density at radius 3 is 2.41 bits per heavy atom. The third-order valence-electron chi connectivity index (χ3n) is 8.26. The average molecular weight is 487 g/mol. The first-order chi connectivity index (χ1) is 16.0. The van der Waals surface area contributed by atoms with Crippen LogP contribution in [0.2, 0.25) is 0 Å². The van der Waals surface area contributed by atoms with E-state index < -0.39 is 47.6 Å². The van der Waals surface area contributed by atoms with Crippen molar-refractivity contribution in [2.24, 2.45) is 16.7 Å². The second-order valence-electron chi connectivity index (χ2n) is 10.9. The summed E-state index contributed by atoms with van der Waals surface area (Å²) in [6.07, 6.45) is -2.19. The summed E-state index contributed by atoms with van der Waals surface area (Å²) >= 11 is 0. The van der Waals surface area contributed by atoms with Crippen LogP contribution in [0.1, 0.15) is 52.9 Å². The Labute approximate surface area is 201 Å². The lowest BCUT2D eigenvalue weighted by molar-refractivity contribution is -0.299. The van der Waals surface area contributed by atoms with E-state index in [0.29, 0.717) is 32.1 Å². The molecule has 0 amide bonds. The molecule has 1 saturated heterocycles. The third kappa shape index (κ3) is 5.28. The van der Waals surface area contributed by atoms with Gasteiger partial charge < -0.3 is 45.2 Å². The maximum absolute atomic E-state index is 10.8. The van der Waals surface area contributed by atoms with Crippen LogP contribution in [0, 0.1) is 16.7 Å². The summed E-state index contributed by atoms with van der Waals surface area (Å²) in [4.78, 5) is 0. The second-order valence-corrected chi connectivity index (χ2v) is 10.9. The first kappa shape index (κ1) is 27.7. The molecule has 196 valence electrons. The van der Waals surface area contributed by atoms with Gasteiger partial charge in [0.25, 0.3) is 0 Å². The van der Waals surface area contributed by atoms with Crippen LogP contribution in [0.4, 0.5) is 0 Å². The van der Waals surface area contributed by atoms with Gasteiger partial charge in [-0.05, 0) is 55.4 Å². The van der Waals surface area contributed by atoms with Gasteiger partial charge in [-0.2, -0.15) is 0 Å². The van der Waals surface area contributed by atoms with E-state index in [4.69, 9.17) is 9.47 Å². The van der Waals surface area contributed by atoms with Gasteiger partial charge in [-0.25, -0.2) is 0 Å². The molecule has 1 heterocycles. The van der Waals surface area contributed by atoms with Gasteiger partial charge in [-0.3, -0.25) is 0 Å². The van der Waals surface area contributed by atoms with Gasteiger partial charge >= 0.3 is 0 Å². The molecule has 9 atom stereocenters. The molecule has 2 fully saturated rings. The second kappa shape index (κ2) is 11.0. The summed E-state index contributed by atoms with van der Waals surface area (Å²) in [5.74, 6) is -0.263. The summed E-state index contributed by atoms with van der Waals surface area (Å²) < 4.78 is 11.8. The number of fused-ring (bicyclic) bond motifs is 1. The van der Waals surface area contributed by atoms with Gasteiger partial charge in [-0.1, -0.05) is 31.1 Å². The SMILES string of the molecule is C/C(=C\CO)CCC1=C(CO)C[C@H](O[C@@H]2OC[C@H](O)[C@H](O)[C@H]2O)[C@H]2[C@@](C)(CO)C[C@H](O)C[C@]12C. The van der Waals surface area contributed by atoms with Crippen LogP contribution in [0.25, 0.3) is 0 Å². The maximum atomic E-state index is 10.8. The van der Waals surface area contributed by atoms with Crippen LogP contribution in [0.5, 0.6) is 0 Å². The van der Waals surface area contributed by atoms with E-state index >= 15 is 0 Å². The highest BCUT2D eigenvalue weighted by molar-refractivity contribution is 5.32. The van der Waals surface area contributed by atoms with Crippen molar-refractivity contribution < 1.29 is 45.2 Å². The summed E-state index contributed by atoms with van der Waals surface area (Å²) in [5.41, 5.74) is 1.55. The lowest BCUT2D eigenvalue weighted by Gasteiger charge is -2.60. The predicted molar refractivity (Wildman–Crippen MR) is 123 cm³/mol. The molecular formula is C25H42O9. The minimum Gasteiger partial charge on any atom is -0.396 e. The van der Waals surface area contributed by atoms with Crippen molar-refractivity contribution in [1.82, 2.24) is 0 Å². The van der Waals surface area contributed by atoms with Gasteiger partial charge in [0.2, 0.25) is 0 Å². The zero-order chi connectivity index (χ0) is 25.3. The van der Waals surface area contributed by atoms with E-state index in [0.717, 1.165) is 16.7 Å². The molecule has 1 aliphatic heterocycles. The molecule has 1 saturated carbocycles. The molecule has 0 radical (unpaired) electrons. The summed E-state index contributed by atoms with van der Waals surface area (Å²) in [6, 6.07) is 0. The fourth-order valence-corrected chi connectivity index (χ4v) is 6.74. The molecule has 3 rings (SSSR count). The summed E-state index contributed by atoms with van der Waals surface area (Å²) in [7, 11) is 0. The van der Waals surface area contributed by atoms with Crippen molar-refractivity contribution in [2.75, 3.05) is 26.4 Å². The highest BCUT2D eigenvalue weighted by atomic mass is 16.7. The van der Waals surface area contributed by atoms with Crippen LogP contribution >= 0.6 is 0 Å². The largest absolute Gasteiger partial charge is 0.396 e. The molecule has 9 nitrogen and oxygen atoms in total. The van der Waals surface area contributed by atoms with Crippen LogP contribution in [-0.2, 0) is 9.47 Å². The third-order valence-corrected chi connectivity index (χ3v) is 8.26. The molecular weight excluding hydrogens is 444 g/mol. The number of aliphatic hydroxyl groups is 7. The highest BCUT2D eigenvalue weighted by Gasteiger charge is 2.59. The zero-order valence-electron chi connectivity index (χ0n) is 20.4. The number of aliphatic hydroxyl groups excluding tert-OH is 7. The van der Waals surface area contributed by atoms with E-state index in [1.54, 1.807) is 6.08 Å². The monoisotopic (exact) mass is 486 g/mol. The minimum absolute atomic E-state index is 0.0426. The highest BCUT2D eigenvalue weighted by Crippen LogP contribution is 2.61. The van der Waals surface area contributed by atoms with E-state index in [1.807, 2.05) is 20.8 Å². The number of allylic oxidation sites excluding steroid dienone is 2. The normalized spacial score (nSPS) is 43.7. The molecule has 0 spiro atoms. The number of hydrogen-bond donors (Lipinski definition) is 7. The lowest BCUT2D eigenvalue weighted by atomic mass is 9.48. The van der Waals surface area contributed by atoms with E-state index in [2.05, 4.69) is 0 Å². The standard InChI is InChI=1S/C25H42O9/c1-14(6-7-26)4-5-17-15(11-27)8-19(34-23-21(32)20(31)18(30)12-33-23)22-24(2,13-28)9-16(29)10-25(17,22)3/h6,16,18-23,26-32H,4-5,7-13H2,1-3H3/b14-6+/t16-,18-,19-,20-,21+,22-,23-,24+,25+/m0/s1. The summed E-state index contributed by atoms with van der Waals surface area (Å²) in [6.45, 7) is 5.31. The van der Waals surface area contributed by atoms with Gasteiger partial charge in [0, 0.05) is 12.5 Å². The van der Waals surface area contributed by atoms with Gasteiger partial charge in [0.15, 0.2) is 6.29 Å². The molecule has 0 aromatic heterocycles. The van der Waals surface area contributed by atoms with Gasteiger partial charge in [-0.15, -0.1) is 0 Å². The molecule has 0 unspecified atom stereocenters. The van der Waals surface area contributed by atoms with E-state index in [1.165, 1.54) is 0 Å². The van der Waals surface area contributed by atoms with Crippen molar-refractivity contribution in [2.45, 2.75) is 89.7 Å². The van der Waals surface area contributed by atoms with Crippen LogP contribution < -0.4 is 0 Å². The lowest BCUT2D eigenvalue weighted by Crippen LogP contribution is -2.61. The fraction of sp³-hybridized carbons (Fsp3) is 0.840. The molecule has 7 N–H and O–H groups in total. The quantitative estimate of drug-likeness (QED) is 0.234. The fourth-order valence-electron chi connectivity index (χ4n) is 6.74. The Balaban J connectivity index is 2.00. The maximum Gasteiger partial charge on any atom is 0.186 e. The Morgan fingerprint density at radius 2 is 1.79 bits per heavy atom. The first-order valence-corrected chi connectivity index (χ1v) is 12.2. The van der Waals surface area contributed by atoms with Crippen LogP contribution in [-0.4, -0.2) is 99.0 Å². The zero-order valence-corrected chi connectivity index (χ0v) is 20.4. The van der Waals surface area contributed by atoms with Crippen LogP contribution in [0.15, 0.2) is 22.8 Å². The summed E-state index contributed by atoms with van der Waals surface area (Å²) in [5, 5.41) is 71.2. The number of ether oxygens (including phenoxy) is 2. The van der Waals surface area contributed by atoms with Crippen molar-refractivity contribution >= 4 is 0 Å². The van der Waals surface area contributed by atoms with Crippen LogP contribution in [0.3, 0.4) is 0 Å². The van der Waals surface area contributed by atoms with Crippen molar-refractivity contribution in [3.8, 4) is 0 Å². The number of hydrogen-bond acceptors (Lipinski definition) is 9. The Morgan fingerprint density at radius 1 is 1.09 bits per heavy atom. The molecule has 3 aliphatic rings. The molecule has 0 aromatic carbocycles. The minimum atomic E-state index is -1.45. The van der Waals surface area contributed by atoms with Gasteiger partial charge in [0.05, 0.1) is 32.0 Å². The molecule has 0 aromatic rings. The van der Waals surface area contributed by atoms with Crippen molar-refractivity contribution in [3.63, 3.8) is 0 Å². The Hall–Kier alpha value is -0.880. The van der Waals surface area contributed by atoms with E-state index in [-0.39, 0.29) is 32.3 Å². The molecule has 34 heavy (non-hydrogen) atoms. The average Bonchev–Trinajstić information content (AvgIpc) is 2.77. The smallest absolute Gasteiger partial charge is 0.186 e.